The van der Waals surface area contributed by atoms with Crippen LogP contribution in [0.1, 0.15) is 74.2 Å². The van der Waals surface area contributed by atoms with E-state index in [0.717, 1.165) is 138 Å². The Bertz CT molecular complexity index is 2260. The molecule has 310 valence electrons. The summed E-state index contributed by atoms with van der Waals surface area (Å²) in [6.45, 7) is 12.4. The van der Waals surface area contributed by atoms with E-state index >= 15 is 4.39 Å². The number of amides is 3. The van der Waals surface area contributed by atoms with Crippen molar-refractivity contribution in [3.8, 4) is 17.3 Å². The van der Waals surface area contributed by atoms with Crippen molar-refractivity contribution in [2.24, 2.45) is 11.8 Å². The molecule has 3 aromatic heterocycles. The Morgan fingerprint density at radius 1 is 0.831 bits per heavy atom. The van der Waals surface area contributed by atoms with E-state index in [0.29, 0.717) is 29.0 Å². The van der Waals surface area contributed by atoms with Crippen molar-refractivity contribution in [3.63, 3.8) is 0 Å². The first kappa shape index (κ1) is 38.0. The number of nitrogens with zero attached hydrogens (tertiary/aromatic N) is 9. The highest BCUT2D eigenvalue weighted by Crippen LogP contribution is 2.40. The number of halogens is 1. The number of benzene rings is 1. The van der Waals surface area contributed by atoms with E-state index in [2.05, 4.69) is 63.1 Å². The van der Waals surface area contributed by atoms with Crippen LogP contribution < -0.4 is 19.9 Å². The van der Waals surface area contributed by atoms with E-state index in [4.69, 9.17) is 4.74 Å². The minimum absolute atomic E-state index is 0.106. The highest BCUT2D eigenvalue weighted by atomic mass is 19.1. The normalized spacial score (nSPS) is 23.3. The van der Waals surface area contributed by atoms with E-state index in [1.54, 1.807) is 18.6 Å². The van der Waals surface area contributed by atoms with Crippen LogP contribution in [-0.2, 0) is 16.1 Å². The Morgan fingerprint density at radius 3 is 2.20 bits per heavy atom. The number of imide groups is 1. The van der Waals surface area contributed by atoms with Crippen LogP contribution in [0.4, 0.5) is 15.9 Å². The summed E-state index contributed by atoms with van der Waals surface area (Å²) < 4.78 is 21.6. The Morgan fingerprint density at radius 2 is 1.53 bits per heavy atom. The number of hydrogen-bond donors (Lipinski definition) is 2. The number of hydrogen-bond acceptors (Lipinski definition) is 12. The average Bonchev–Trinajstić information content (AvgIpc) is 3.68. The number of piperazine rings is 1. The summed E-state index contributed by atoms with van der Waals surface area (Å²) in [7, 11) is 0. The Kier molecular flexibility index (Phi) is 9.94. The first-order chi connectivity index (χ1) is 28.6. The molecule has 6 aliphatic rings. The summed E-state index contributed by atoms with van der Waals surface area (Å²) in [5.41, 5.74) is 3.90. The number of anilines is 2. The van der Waals surface area contributed by atoms with Crippen LogP contribution in [0.5, 0.6) is 5.88 Å². The third-order valence-electron chi connectivity index (χ3n) is 13.6. The van der Waals surface area contributed by atoms with Gasteiger partial charge in [-0.2, -0.15) is 5.10 Å². The first-order valence-corrected chi connectivity index (χ1v) is 21.4. The van der Waals surface area contributed by atoms with Crippen molar-refractivity contribution < 1.29 is 23.5 Å². The van der Waals surface area contributed by atoms with Gasteiger partial charge in [0.2, 0.25) is 17.7 Å². The number of piperidine rings is 3. The van der Waals surface area contributed by atoms with Gasteiger partial charge in [-0.15, -0.1) is 0 Å². The van der Waals surface area contributed by atoms with Gasteiger partial charge in [-0.25, -0.2) is 19.3 Å². The van der Waals surface area contributed by atoms with Gasteiger partial charge in [0.15, 0.2) is 0 Å². The molecule has 5 aliphatic heterocycles. The lowest BCUT2D eigenvalue weighted by atomic mass is 9.94. The molecule has 0 bridgehead atoms. The van der Waals surface area contributed by atoms with Gasteiger partial charge in [0.05, 0.1) is 23.1 Å². The van der Waals surface area contributed by atoms with Crippen molar-refractivity contribution in [1.29, 1.82) is 0 Å². The smallest absolute Gasteiger partial charge is 0.255 e. The number of pyridine rings is 1. The van der Waals surface area contributed by atoms with Crippen molar-refractivity contribution in [3.05, 3.63) is 53.7 Å². The Hall–Kier alpha value is -5.22. The van der Waals surface area contributed by atoms with E-state index in [1.165, 1.54) is 11.0 Å². The molecule has 1 atom stereocenters. The highest BCUT2D eigenvalue weighted by Gasteiger charge is 2.41. The number of aromatic nitrogens is 5. The molecule has 10 rings (SSSR count). The monoisotopic (exact) mass is 805 g/mol. The largest absolute Gasteiger partial charge is 0.471 e. The molecule has 5 fully saturated rings. The van der Waals surface area contributed by atoms with Gasteiger partial charge in [0, 0.05) is 101 Å². The molecule has 8 heterocycles. The van der Waals surface area contributed by atoms with E-state index in [9.17, 15) is 14.4 Å². The van der Waals surface area contributed by atoms with Crippen LogP contribution in [0.3, 0.4) is 0 Å². The molecule has 3 amide bonds. The fourth-order valence-electron chi connectivity index (χ4n) is 9.73. The molecule has 59 heavy (non-hydrogen) atoms. The lowest BCUT2D eigenvalue weighted by Crippen LogP contribution is -2.52. The molecule has 0 radical (unpaired) electrons. The van der Waals surface area contributed by atoms with Crippen molar-refractivity contribution in [2.75, 3.05) is 75.2 Å². The topological polar surface area (TPSA) is 156 Å². The minimum Gasteiger partial charge on any atom is -0.471 e. The highest BCUT2D eigenvalue weighted by molar-refractivity contribution is 6.05. The van der Waals surface area contributed by atoms with Crippen molar-refractivity contribution >= 4 is 40.1 Å². The maximum absolute atomic E-state index is 15.5. The Labute approximate surface area is 342 Å². The van der Waals surface area contributed by atoms with Gasteiger partial charge in [-0.3, -0.25) is 24.8 Å². The summed E-state index contributed by atoms with van der Waals surface area (Å²) in [6, 6.07) is 6.44. The number of nitrogens with one attached hydrogen (secondary N) is 2. The van der Waals surface area contributed by atoms with E-state index in [-0.39, 0.29) is 36.8 Å². The quantitative estimate of drug-likeness (QED) is 0.223. The van der Waals surface area contributed by atoms with Gasteiger partial charge in [0.1, 0.15) is 35.3 Å². The fourth-order valence-corrected chi connectivity index (χ4v) is 9.73. The molecule has 1 unspecified atom stereocenters. The predicted octanol–water partition coefficient (Wildman–Crippen LogP) is 4.00. The molecule has 2 N–H and O–H groups in total. The fraction of sp³-hybridized carbons (Fsp3) is 0.558. The number of H-pyrrole nitrogens is 1. The number of aromatic amines is 1. The zero-order valence-corrected chi connectivity index (χ0v) is 33.7. The zero-order valence-electron chi connectivity index (χ0n) is 33.7. The summed E-state index contributed by atoms with van der Waals surface area (Å²) in [5.74, 6) is 1.26. The molecule has 0 spiro atoms. The number of carbonyl (C=O) groups excluding carboxylic acids is 3. The summed E-state index contributed by atoms with van der Waals surface area (Å²) >= 11 is 0. The minimum atomic E-state index is -0.707. The summed E-state index contributed by atoms with van der Waals surface area (Å²) in [5, 5.41) is 11.0. The second-order valence-corrected chi connectivity index (χ2v) is 17.8. The van der Waals surface area contributed by atoms with Crippen LogP contribution in [0, 0.1) is 17.7 Å². The van der Waals surface area contributed by atoms with Gasteiger partial charge in [0.25, 0.3) is 5.91 Å². The third kappa shape index (κ3) is 7.84. The molecular formula is C43H52FN11O4. The van der Waals surface area contributed by atoms with Gasteiger partial charge >= 0.3 is 0 Å². The lowest BCUT2D eigenvalue weighted by Gasteiger charge is -2.41. The molecule has 15 nitrogen and oxygen atoms in total. The second-order valence-electron chi connectivity index (χ2n) is 17.8. The third-order valence-corrected chi connectivity index (χ3v) is 13.6. The molecule has 1 aromatic carbocycles. The van der Waals surface area contributed by atoms with Crippen LogP contribution in [0.2, 0.25) is 0 Å². The maximum Gasteiger partial charge on any atom is 0.255 e. The van der Waals surface area contributed by atoms with Crippen LogP contribution in [0.25, 0.3) is 22.3 Å². The summed E-state index contributed by atoms with van der Waals surface area (Å²) in [6.07, 6.45) is 10.3. The lowest BCUT2D eigenvalue weighted by molar-refractivity contribution is -0.136. The molecule has 4 aromatic rings. The molecule has 4 saturated heterocycles. The van der Waals surface area contributed by atoms with Crippen LogP contribution in [0.15, 0.2) is 36.8 Å². The van der Waals surface area contributed by atoms with Gasteiger partial charge in [-0.05, 0) is 81.4 Å². The van der Waals surface area contributed by atoms with Gasteiger partial charge < -0.3 is 29.2 Å². The van der Waals surface area contributed by atoms with E-state index in [1.807, 2.05) is 6.07 Å². The number of rotatable bonds is 10. The number of fused-ring (bicyclic) bond motifs is 2. The number of ether oxygens (including phenoxy) is 1. The zero-order chi connectivity index (χ0) is 40.3. The average molecular weight is 806 g/mol. The van der Waals surface area contributed by atoms with Crippen LogP contribution >= 0.6 is 0 Å². The molecule has 1 saturated carbocycles. The maximum atomic E-state index is 15.5. The SMILES string of the molecule is CC1(Oc2cc3c(-c4cc(N5CCC(CN6CCN(CC7CCN(c8cc9c(cc8F)C(=O)N(C8CCC(=O)NC8=O)C9)CC7)CC6)CC5)ncn4)n[nH]c3cn2)CC1. The van der Waals surface area contributed by atoms with Crippen molar-refractivity contribution in [1.82, 2.24) is 45.2 Å². The first-order valence-electron chi connectivity index (χ1n) is 21.4. The Balaban J connectivity index is 0.667. The predicted molar refractivity (Wildman–Crippen MR) is 218 cm³/mol. The molecule has 16 heteroatoms. The van der Waals surface area contributed by atoms with E-state index < -0.39 is 17.8 Å². The summed E-state index contributed by atoms with van der Waals surface area (Å²) in [4.78, 5) is 62.2. The second kappa shape index (κ2) is 15.4. The molecule has 1 aliphatic carbocycles. The molecular weight excluding hydrogens is 754 g/mol. The van der Waals surface area contributed by atoms with Crippen molar-refractivity contribution in [2.45, 2.75) is 76.5 Å². The van der Waals surface area contributed by atoms with Crippen LogP contribution in [-0.4, -0.2) is 135 Å². The standard InChI is InChI=1S/C43H52FN11O4/c1-43(8-9-43)59-39-20-31-34(22-45-39)49-50-40(31)33-21-37(47-26-46-33)54-12-6-28(7-13-54)24-52-16-14-51(15-17-52)23-27-4-10-53(11-5-27)36-18-29-25-55(42(58)30(29)19-32(36)44)35-2-3-38(56)48-41(35)57/h18-22,26-28,35H,2-17,23-25H2,1H3,(H,49,50)(H,48,56,57). The number of carbonyl (C=O) groups is 3. The van der Waals surface area contributed by atoms with Gasteiger partial charge in [-0.1, -0.05) is 0 Å².